The summed E-state index contributed by atoms with van der Waals surface area (Å²) in [7, 11) is 0. The first-order valence-electron chi connectivity index (χ1n) is 5.81. The molecule has 0 aromatic rings. The summed E-state index contributed by atoms with van der Waals surface area (Å²) < 4.78 is 0. The highest BCUT2D eigenvalue weighted by Crippen LogP contribution is 2.30. The van der Waals surface area contributed by atoms with Gasteiger partial charge in [-0.2, -0.15) is 0 Å². The van der Waals surface area contributed by atoms with Gasteiger partial charge in [-0.15, -0.1) is 0 Å². The third-order valence-electron chi connectivity index (χ3n) is 2.85. The van der Waals surface area contributed by atoms with Gasteiger partial charge in [0.25, 0.3) is 0 Å². The number of amides is 1. The number of carbonyl (C=O) groups excluding carboxylic acids is 1. The Morgan fingerprint density at radius 2 is 1.64 bits per heavy atom. The van der Waals surface area contributed by atoms with Gasteiger partial charge >= 0.3 is 0 Å². The monoisotopic (exact) mass is 199 g/mol. The lowest BCUT2D eigenvalue weighted by molar-refractivity contribution is -0.124. The quantitative estimate of drug-likeness (QED) is 0.728. The van der Waals surface area contributed by atoms with Gasteiger partial charge in [-0.05, 0) is 17.8 Å². The van der Waals surface area contributed by atoms with Crippen LogP contribution in [0.25, 0.3) is 0 Å². The maximum atomic E-state index is 11.4. The van der Waals surface area contributed by atoms with Crippen LogP contribution in [0, 0.1) is 23.7 Å². The van der Waals surface area contributed by atoms with Crippen molar-refractivity contribution in [1.82, 2.24) is 5.32 Å². The maximum Gasteiger partial charge on any atom is 0.223 e. The average Bonchev–Trinajstić information content (AvgIpc) is 2.50. The van der Waals surface area contributed by atoms with E-state index in [9.17, 15) is 4.79 Å². The molecule has 0 radical (unpaired) electrons. The molecule has 84 valence electrons. The normalized spacial score (nSPS) is 26.1. The first-order chi connectivity index (χ1) is 6.54. The summed E-state index contributed by atoms with van der Waals surface area (Å²) in [6, 6.07) is 0. The van der Waals surface area contributed by atoms with E-state index >= 15 is 0 Å². The molecule has 0 aromatic carbocycles. The predicted molar refractivity (Wildman–Crippen MR) is 61.0 cm³/mol. The van der Waals surface area contributed by atoms with Crippen molar-refractivity contribution >= 4 is 5.91 Å². The molecule has 0 saturated carbocycles. The average molecular weight is 199 g/mol. The van der Waals surface area contributed by atoms with Crippen LogP contribution in [0.1, 0.15) is 41.5 Å². The molecule has 2 nitrogen and oxygen atoms in total. The Bertz CT molecular complexity index is 175. The van der Waals surface area contributed by atoms with E-state index < -0.39 is 0 Å². The fourth-order valence-electron chi connectivity index (χ4n) is 2.11. The molecule has 0 bridgehead atoms. The number of nitrogens with one attached hydrogen (secondary N) is 1. The highest BCUT2D eigenvalue weighted by molar-refractivity contribution is 5.81. The lowest BCUT2D eigenvalue weighted by Gasteiger charge is -2.22. The molecular formula is C12H25NO. The van der Waals surface area contributed by atoms with E-state index in [2.05, 4.69) is 33.0 Å². The Morgan fingerprint density at radius 1 is 1.14 bits per heavy atom. The largest absolute Gasteiger partial charge is 0.356 e. The number of carbonyl (C=O) groups is 1. The second-order valence-corrected chi connectivity index (χ2v) is 4.42. The van der Waals surface area contributed by atoms with E-state index in [1.165, 1.54) is 0 Å². The molecule has 2 heteroatoms. The van der Waals surface area contributed by atoms with Gasteiger partial charge in [-0.3, -0.25) is 4.79 Å². The van der Waals surface area contributed by atoms with Crippen molar-refractivity contribution in [3.8, 4) is 0 Å². The topological polar surface area (TPSA) is 29.1 Å². The highest BCUT2D eigenvalue weighted by atomic mass is 16.2. The first-order valence-corrected chi connectivity index (χ1v) is 5.81. The van der Waals surface area contributed by atoms with Gasteiger partial charge in [0.15, 0.2) is 0 Å². The molecular weight excluding hydrogens is 174 g/mol. The molecule has 1 fully saturated rings. The summed E-state index contributed by atoms with van der Waals surface area (Å²) in [5, 5.41) is 2.94. The van der Waals surface area contributed by atoms with Gasteiger partial charge in [0.1, 0.15) is 0 Å². The maximum absolute atomic E-state index is 11.4. The van der Waals surface area contributed by atoms with Crippen LogP contribution < -0.4 is 5.32 Å². The molecule has 1 amide bonds. The van der Waals surface area contributed by atoms with Crippen LogP contribution in [-0.2, 0) is 4.79 Å². The van der Waals surface area contributed by atoms with E-state index in [4.69, 9.17) is 0 Å². The summed E-state index contributed by atoms with van der Waals surface area (Å²) in [6.45, 7) is 13.5. The molecule has 1 aliphatic heterocycles. The second-order valence-electron chi connectivity index (χ2n) is 4.42. The smallest absolute Gasteiger partial charge is 0.223 e. The minimum Gasteiger partial charge on any atom is -0.356 e. The summed E-state index contributed by atoms with van der Waals surface area (Å²) >= 11 is 0. The summed E-state index contributed by atoms with van der Waals surface area (Å²) in [4.78, 5) is 11.4. The van der Waals surface area contributed by atoms with Crippen molar-refractivity contribution in [1.29, 1.82) is 0 Å². The number of rotatable bonds is 2. The molecule has 0 aromatic heterocycles. The minimum absolute atomic E-state index is 0.241. The second kappa shape index (κ2) is 6.05. The van der Waals surface area contributed by atoms with Crippen LogP contribution in [0.5, 0.6) is 0 Å². The van der Waals surface area contributed by atoms with Crippen LogP contribution in [0.4, 0.5) is 0 Å². The van der Waals surface area contributed by atoms with Gasteiger partial charge in [0, 0.05) is 12.5 Å². The number of hydrogen-bond donors (Lipinski definition) is 1. The van der Waals surface area contributed by atoms with Gasteiger partial charge < -0.3 is 5.32 Å². The Morgan fingerprint density at radius 3 is 1.93 bits per heavy atom. The van der Waals surface area contributed by atoms with E-state index in [1.54, 1.807) is 0 Å². The fourth-order valence-corrected chi connectivity index (χ4v) is 2.11. The first kappa shape index (κ1) is 13.5. The zero-order valence-electron chi connectivity index (χ0n) is 10.4. The predicted octanol–water partition coefficient (Wildman–Crippen LogP) is 2.69. The third-order valence-corrected chi connectivity index (χ3v) is 2.85. The van der Waals surface area contributed by atoms with E-state index in [0.717, 1.165) is 6.54 Å². The van der Waals surface area contributed by atoms with Gasteiger partial charge in [-0.25, -0.2) is 0 Å². The number of hydrogen-bond acceptors (Lipinski definition) is 1. The highest BCUT2D eigenvalue weighted by Gasteiger charge is 2.37. The van der Waals surface area contributed by atoms with Crippen LogP contribution in [-0.4, -0.2) is 12.5 Å². The minimum atomic E-state index is 0.241. The van der Waals surface area contributed by atoms with Crippen LogP contribution in [0.15, 0.2) is 0 Å². The zero-order valence-corrected chi connectivity index (χ0v) is 10.4. The molecule has 2 unspecified atom stereocenters. The standard InChI is InChI=1S/C10H19NO.C2H6/c1-6(2)8-5-11-10(12)9(8)7(3)4;1-2/h6-9H,5H2,1-4H3,(H,11,12);1-2H3. The van der Waals surface area contributed by atoms with Crippen molar-refractivity contribution < 1.29 is 4.79 Å². The van der Waals surface area contributed by atoms with E-state index in [-0.39, 0.29) is 11.8 Å². The van der Waals surface area contributed by atoms with E-state index in [1.807, 2.05) is 13.8 Å². The molecule has 0 spiro atoms. The SMILES string of the molecule is CC.CC(C)C1CNC(=O)C1C(C)C. The molecule has 1 heterocycles. The lowest BCUT2D eigenvalue weighted by Crippen LogP contribution is -2.26. The molecule has 0 aliphatic carbocycles. The Hall–Kier alpha value is -0.530. The van der Waals surface area contributed by atoms with Crippen molar-refractivity contribution in [3.63, 3.8) is 0 Å². The summed E-state index contributed by atoms with van der Waals surface area (Å²) in [5.74, 6) is 2.11. The molecule has 1 saturated heterocycles. The van der Waals surface area contributed by atoms with Gasteiger partial charge in [0.05, 0.1) is 0 Å². The summed E-state index contributed by atoms with van der Waals surface area (Å²) in [5.41, 5.74) is 0. The molecule has 14 heavy (non-hydrogen) atoms. The lowest BCUT2D eigenvalue weighted by atomic mass is 9.79. The van der Waals surface area contributed by atoms with Crippen LogP contribution in [0.2, 0.25) is 0 Å². The fraction of sp³-hybridized carbons (Fsp3) is 0.917. The molecule has 1 aliphatic rings. The third kappa shape index (κ3) is 3.00. The Kier molecular flexibility index (Phi) is 5.82. The Labute approximate surface area is 88.5 Å². The van der Waals surface area contributed by atoms with Crippen molar-refractivity contribution in [3.05, 3.63) is 0 Å². The van der Waals surface area contributed by atoms with Crippen molar-refractivity contribution in [2.45, 2.75) is 41.5 Å². The molecule has 1 N–H and O–H groups in total. The van der Waals surface area contributed by atoms with Crippen LogP contribution in [0.3, 0.4) is 0 Å². The van der Waals surface area contributed by atoms with Crippen molar-refractivity contribution in [2.75, 3.05) is 6.54 Å². The van der Waals surface area contributed by atoms with Crippen LogP contribution >= 0.6 is 0 Å². The van der Waals surface area contributed by atoms with Crippen molar-refractivity contribution in [2.24, 2.45) is 23.7 Å². The zero-order chi connectivity index (χ0) is 11.3. The molecule has 2 atom stereocenters. The Balaban J connectivity index is 0.000000791. The van der Waals surface area contributed by atoms with E-state index in [0.29, 0.717) is 17.8 Å². The summed E-state index contributed by atoms with van der Waals surface area (Å²) in [6.07, 6.45) is 0. The molecule has 1 rings (SSSR count). The van der Waals surface area contributed by atoms with Gasteiger partial charge in [-0.1, -0.05) is 41.5 Å². The van der Waals surface area contributed by atoms with Gasteiger partial charge in [0.2, 0.25) is 5.91 Å².